The molecule has 344 valence electrons. The van der Waals surface area contributed by atoms with Crippen LogP contribution < -0.4 is 5.32 Å². The van der Waals surface area contributed by atoms with Crippen LogP contribution in [0.5, 0.6) is 0 Å². The average molecular weight is 870 g/mol. The lowest BCUT2D eigenvalue weighted by molar-refractivity contribution is -0.386. The van der Waals surface area contributed by atoms with E-state index in [-0.39, 0.29) is 0 Å². The Morgan fingerprint density at radius 3 is 1.27 bits per heavy atom. The van der Waals surface area contributed by atoms with Crippen LogP contribution in [0.1, 0.15) is 6.92 Å². The van der Waals surface area contributed by atoms with E-state index in [2.05, 4.69) is 5.32 Å². The fourth-order valence-electron chi connectivity index (χ4n) is 7.43. The maximum atomic E-state index is 12.4. The normalized spacial score (nSPS) is 51.0. The van der Waals surface area contributed by atoms with E-state index in [4.69, 9.17) is 42.6 Å². The Morgan fingerprint density at radius 2 is 0.780 bits per heavy atom. The second-order valence-corrected chi connectivity index (χ2v) is 14.7. The number of nitrogens with one attached hydrogen (secondary N) is 1. The Labute approximate surface area is 333 Å². The van der Waals surface area contributed by atoms with Gasteiger partial charge in [0.1, 0.15) is 122 Å². The van der Waals surface area contributed by atoms with Crippen LogP contribution in [0.2, 0.25) is 0 Å². The second-order valence-electron chi connectivity index (χ2n) is 14.7. The van der Waals surface area contributed by atoms with Gasteiger partial charge in [0.25, 0.3) is 0 Å². The summed E-state index contributed by atoms with van der Waals surface area (Å²) in [5.41, 5.74) is 0. The summed E-state index contributed by atoms with van der Waals surface area (Å²) >= 11 is 0. The highest BCUT2D eigenvalue weighted by Crippen LogP contribution is 2.35. The van der Waals surface area contributed by atoms with Crippen LogP contribution in [-0.2, 0) is 47.4 Å². The quantitative estimate of drug-likeness (QED) is 0.0770. The Morgan fingerprint density at radius 1 is 0.407 bits per heavy atom. The van der Waals surface area contributed by atoms with Gasteiger partial charge in [-0.25, -0.2) is 0 Å². The Hall–Kier alpha value is -1.53. The summed E-state index contributed by atoms with van der Waals surface area (Å²) in [5.74, 6) is -0.810. The lowest BCUT2D eigenvalue weighted by atomic mass is 9.94. The fourth-order valence-corrected chi connectivity index (χ4v) is 7.43. The maximum absolute atomic E-state index is 12.4. The van der Waals surface area contributed by atoms with E-state index in [0.717, 1.165) is 6.92 Å². The van der Waals surface area contributed by atoms with E-state index in [1.54, 1.807) is 0 Å². The van der Waals surface area contributed by atoms with Gasteiger partial charge in [0.2, 0.25) is 5.91 Å². The van der Waals surface area contributed by atoms with Crippen LogP contribution in [0.25, 0.3) is 0 Å². The zero-order valence-corrected chi connectivity index (χ0v) is 31.2. The van der Waals surface area contributed by atoms with Crippen LogP contribution in [0.15, 0.2) is 0 Å². The molecule has 5 heterocycles. The number of aliphatic hydroxyl groups excluding tert-OH is 16. The largest absolute Gasteiger partial charge is 0.394 e. The fraction of sp³-hybridized carbons (Fsp3) is 0.969. The summed E-state index contributed by atoms with van der Waals surface area (Å²) in [6.07, 6.45) is -43.9. The average Bonchev–Trinajstić information content (AvgIpc) is 3.21. The monoisotopic (exact) mass is 869 g/mol. The molecule has 59 heavy (non-hydrogen) atoms. The summed E-state index contributed by atoms with van der Waals surface area (Å²) in [6, 6.07) is -1.71. The van der Waals surface area contributed by atoms with Crippen molar-refractivity contribution in [2.75, 3.05) is 33.0 Å². The molecule has 0 bridgehead atoms. The second kappa shape index (κ2) is 20.8. The van der Waals surface area contributed by atoms with Crippen molar-refractivity contribution < 1.29 is 129 Å². The lowest BCUT2D eigenvalue weighted by Crippen LogP contribution is -2.70. The number of hydrogen-bond donors (Lipinski definition) is 17. The Kier molecular flexibility index (Phi) is 17.1. The van der Waals surface area contributed by atoms with Gasteiger partial charge in [-0.05, 0) is 0 Å². The summed E-state index contributed by atoms with van der Waals surface area (Å²) in [4.78, 5) is 12.4. The van der Waals surface area contributed by atoms with Crippen molar-refractivity contribution in [1.82, 2.24) is 5.32 Å². The summed E-state index contributed by atoms with van der Waals surface area (Å²) in [7, 11) is 0. The molecule has 0 aromatic heterocycles. The summed E-state index contributed by atoms with van der Waals surface area (Å²) < 4.78 is 50.0. The molecule has 0 spiro atoms. The van der Waals surface area contributed by atoms with E-state index in [0.29, 0.717) is 0 Å². The molecule has 1 amide bonds. The summed E-state index contributed by atoms with van der Waals surface area (Å²) in [6.45, 7) is -3.54. The van der Waals surface area contributed by atoms with Gasteiger partial charge in [0, 0.05) is 6.92 Å². The Balaban J connectivity index is 1.32. The minimum atomic E-state index is -2.10. The lowest BCUT2D eigenvalue weighted by Gasteiger charge is -2.50. The van der Waals surface area contributed by atoms with Crippen LogP contribution in [0.4, 0.5) is 0 Å². The molecule has 5 aliphatic heterocycles. The van der Waals surface area contributed by atoms with Crippen LogP contribution in [0.3, 0.4) is 0 Å². The zero-order chi connectivity index (χ0) is 43.6. The number of carbonyl (C=O) groups is 1. The first-order valence-corrected chi connectivity index (χ1v) is 18.6. The molecule has 0 aromatic rings. The van der Waals surface area contributed by atoms with E-state index < -0.39 is 192 Å². The summed E-state index contributed by atoms with van der Waals surface area (Å²) in [5, 5.41) is 169. The highest BCUT2D eigenvalue weighted by atomic mass is 16.8. The van der Waals surface area contributed by atoms with Crippen LogP contribution >= 0.6 is 0 Å². The Bertz CT molecular complexity index is 1320. The molecule has 5 aliphatic rings. The molecule has 5 fully saturated rings. The first-order valence-electron chi connectivity index (χ1n) is 18.6. The minimum absolute atomic E-state index is 0.810. The molecule has 27 heteroatoms. The highest BCUT2D eigenvalue weighted by molar-refractivity contribution is 5.73. The third-order valence-corrected chi connectivity index (χ3v) is 10.7. The minimum Gasteiger partial charge on any atom is -0.394 e. The molecule has 17 N–H and O–H groups in total. The molecule has 0 unspecified atom stereocenters. The van der Waals surface area contributed by atoms with Crippen molar-refractivity contribution in [3.8, 4) is 0 Å². The molecule has 0 saturated carbocycles. The molecule has 25 atom stereocenters. The van der Waals surface area contributed by atoms with Crippen molar-refractivity contribution >= 4 is 5.91 Å². The third kappa shape index (κ3) is 10.2. The number of hydrogen-bond acceptors (Lipinski definition) is 26. The molecule has 0 aromatic carbocycles. The highest BCUT2D eigenvalue weighted by Gasteiger charge is 2.56. The van der Waals surface area contributed by atoms with Gasteiger partial charge in [-0.2, -0.15) is 0 Å². The van der Waals surface area contributed by atoms with Gasteiger partial charge >= 0.3 is 0 Å². The number of amides is 1. The molecule has 27 nitrogen and oxygen atoms in total. The third-order valence-electron chi connectivity index (χ3n) is 10.7. The number of ether oxygens (including phenoxy) is 9. The van der Waals surface area contributed by atoms with Gasteiger partial charge in [-0.15, -0.1) is 0 Å². The predicted molar refractivity (Wildman–Crippen MR) is 178 cm³/mol. The molecular formula is C32H55NO26. The van der Waals surface area contributed by atoms with Crippen LogP contribution in [-0.4, -0.2) is 274 Å². The molecule has 0 aliphatic carbocycles. The topological polar surface area (TPSA) is 436 Å². The van der Waals surface area contributed by atoms with Crippen molar-refractivity contribution in [3.63, 3.8) is 0 Å². The molecule has 5 saturated heterocycles. The molecule has 0 radical (unpaired) electrons. The van der Waals surface area contributed by atoms with Crippen molar-refractivity contribution in [2.45, 2.75) is 160 Å². The smallest absolute Gasteiger partial charge is 0.217 e. The SMILES string of the molecule is CC(=O)N[C@H]1[C@H](O[C@H]2[C@@H](O)[C@@H](CO)O[C@@H](O[C@H]3[C@H](O)[C@@H](O)[C@H](O)O[C@@H]3CO)[C@@H]2O)O[C@H](CO)[C@@H](O[C@@H]2O[C@H](CO)[C@H](O[C@@H]3O[C@H](CO)[C@H](O)[C@H](O)[C@H]3O)[C@H](O)[C@H]2O)[C@@H]1O. The van der Waals surface area contributed by atoms with Gasteiger partial charge in [0.05, 0.1) is 33.0 Å². The van der Waals surface area contributed by atoms with Gasteiger partial charge in [-0.1, -0.05) is 0 Å². The predicted octanol–water partition coefficient (Wildman–Crippen LogP) is -11.8. The van der Waals surface area contributed by atoms with E-state index in [9.17, 15) is 86.5 Å². The van der Waals surface area contributed by atoms with E-state index >= 15 is 0 Å². The molecule has 5 rings (SSSR count). The first-order chi connectivity index (χ1) is 27.9. The van der Waals surface area contributed by atoms with Crippen molar-refractivity contribution in [1.29, 1.82) is 0 Å². The zero-order valence-electron chi connectivity index (χ0n) is 31.2. The van der Waals surface area contributed by atoms with Crippen molar-refractivity contribution in [2.24, 2.45) is 0 Å². The van der Waals surface area contributed by atoms with E-state index in [1.165, 1.54) is 0 Å². The van der Waals surface area contributed by atoms with Gasteiger partial charge < -0.3 is 130 Å². The molecular weight excluding hydrogens is 814 g/mol. The standard InChI is InChI=1S/C32H55NO26/c1-7(39)33-13-16(42)24(56-31-22(48)19(45)26(12(6-38)55-31)57-30-21(47)17(43)14(40)8(2-34)52-30)11(5-37)54-29(13)59-27-15(41)9(3-35)53-32(23(27)49)58-25-10(4-36)51-28(50)20(46)18(25)44/h8-32,34-38,40-50H,2-6H2,1H3,(H,33,39)/t8-,9-,10-,11-,12-,13-,14+,15+,16-,17+,18-,19-,20-,21-,22-,23-,24-,25-,26+,27+,28-,29+,30+,31+,32+/m1/s1. The van der Waals surface area contributed by atoms with E-state index in [1.807, 2.05) is 0 Å². The maximum Gasteiger partial charge on any atom is 0.217 e. The first kappa shape index (κ1) is 48.5. The number of aliphatic hydroxyl groups is 16. The van der Waals surface area contributed by atoms with Gasteiger partial charge in [0.15, 0.2) is 31.5 Å². The van der Waals surface area contributed by atoms with Crippen molar-refractivity contribution in [3.05, 3.63) is 0 Å². The van der Waals surface area contributed by atoms with Gasteiger partial charge in [-0.3, -0.25) is 4.79 Å². The van der Waals surface area contributed by atoms with Crippen LogP contribution in [0, 0.1) is 0 Å². The number of rotatable bonds is 14. The number of carbonyl (C=O) groups excluding carboxylic acids is 1.